The fourth-order valence-electron chi connectivity index (χ4n) is 4.17. The van der Waals surface area contributed by atoms with Crippen LogP contribution < -0.4 is 4.74 Å². The predicted octanol–water partition coefficient (Wildman–Crippen LogP) is 5.44. The highest BCUT2D eigenvalue weighted by molar-refractivity contribution is 5.95. The van der Waals surface area contributed by atoms with Gasteiger partial charge in [-0.1, -0.05) is 30.7 Å². The summed E-state index contributed by atoms with van der Waals surface area (Å²) in [5, 5.41) is 0. The van der Waals surface area contributed by atoms with Crippen molar-refractivity contribution in [3.05, 3.63) is 64.7 Å². The number of rotatable bonds is 6. The van der Waals surface area contributed by atoms with Crippen molar-refractivity contribution in [2.45, 2.75) is 64.5 Å². The number of hydrogen-bond donors (Lipinski definition) is 0. The average molecular weight is 364 g/mol. The number of hydrogen-bond acceptors (Lipinski definition) is 3. The van der Waals surface area contributed by atoms with Crippen molar-refractivity contribution in [2.75, 3.05) is 6.61 Å². The summed E-state index contributed by atoms with van der Waals surface area (Å²) in [4.78, 5) is 4.79. The summed E-state index contributed by atoms with van der Waals surface area (Å²) in [6.07, 6.45) is 4.65. The second kappa shape index (κ2) is 7.75. The maximum atomic E-state index is 6.04. The van der Waals surface area contributed by atoms with Crippen LogP contribution in [0, 0.1) is 6.92 Å². The Morgan fingerprint density at radius 3 is 2.74 bits per heavy atom. The summed E-state index contributed by atoms with van der Waals surface area (Å²) in [7, 11) is 0. The highest BCUT2D eigenvalue weighted by atomic mass is 16.5. The highest BCUT2D eigenvalue weighted by Crippen LogP contribution is 2.37. The molecule has 1 heterocycles. The molecule has 0 saturated carbocycles. The Bertz CT molecular complexity index is 825. The second-order valence-electron chi connectivity index (χ2n) is 7.83. The molecule has 2 aliphatic rings. The molecule has 0 spiro atoms. The monoisotopic (exact) mass is 363 g/mol. The summed E-state index contributed by atoms with van der Waals surface area (Å²) >= 11 is 0. The van der Waals surface area contributed by atoms with E-state index in [9.17, 15) is 0 Å². The average Bonchev–Trinajstić information content (AvgIpc) is 3.25. The summed E-state index contributed by atoms with van der Waals surface area (Å²) in [6, 6.07) is 15.1. The summed E-state index contributed by atoms with van der Waals surface area (Å²) in [6.45, 7) is 7.13. The van der Waals surface area contributed by atoms with Crippen LogP contribution >= 0.6 is 0 Å². The fourth-order valence-corrected chi connectivity index (χ4v) is 4.17. The van der Waals surface area contributed by atoms with Gasteiger partial charge in [0.2, 0.25) is 5.90 Å². The molecule has 0 aromatic heterocycles. The minimum absolute atomic E-state index is 0.0928. The molecule has 0 saturated heterocycles. The number of fused-ring (bicyclic) bond motifs is 1. The van der Waals surface area contributed by atoms with E-state index in [0.717, 1.165) is 29.5 Å². The van der Waals surface area contributed by atoms with Gasteiger partial charge in [-0.25, -0.2) is 4.99 Å². The third-order valence-corrected chi connectivity index (χ3v) is 5.91. The Hall–Kier alpha value is -2.29. The molecule has 27 heavy (non-hydrogen) atoms. The van der Waals surface area contributed by atoms with E-state index in [1.54, 1.807) is 0 Å². The van der Waals surface area contributed by atoms with E-state index >= 15 is 0 Å². The van der Waals surface area contributed by atoms with Gasteiger partial charge in [0.1, 0.15) is 11.9 Å². The van der Waals surface area contributed by atoms with Crippen LogP contribution in [-0.2, 0) is 11.2 Å². The lowest BCUT2D eigenvalue weighted by molar-refractivity contribution is 0.192. The third-order valence-electron chi connectivity index (χ3n) is 5.91. The smallest absolute Gasteiger partial charge is 0.216 e. The van der Waals surface area contributed by atoms with Crippen molar-refractivity contribution in [2.24, 2.45) is 4.99 Å². The SMILES string of the molecule is CCC1CCc2cc(OCCC3N=C(c4ccc(C)cc4)OC3C)ccc21. The Balaban J connectivity index is 1.34. The third kappa shape index (κ3) is 3.87. The van der Waals surface area contributed by atoms with Gasteiger partial charge in [0.15, 0.2) is 0 Å². The number of ether oxygens (including phenoxy) is 2. The largest absolute Gasteiger partial charge is 0.494 e. The van der Waals surface area contributed by atoms with Gasteiger partial charge in [-0.2, -0.15) is 0 Å². The van der Waals surface area contributed by atoms with Crippen LogP contribution in [0.2, 0.25) is 0 Å². The zero-order valence-corrected chi connectivity index (χ0v) is 16.6. The van der Waals surface area contributed by atoms with Crippen molar-refractivity contribution in [1.82, 2.24) is 0 Å². The van der Waals surface area contributed by atoms with E-state index in [0.29, 0.717) is 6.61 Å². The predicted molar refractivity (Wildman–Crippen MR) is 110 cm³/mol. The molecule has 0 radical (unpaired) electrons. The first-order chi connectivity index (χ1) is 13.1. The Kier molecular flexibility index (Phi) is 5.20. The van der Waals surface area contributed by atoms with E-state index in [1.165, 1.54) is 36.0 Å². The van der Waals surface area contributed by atoms with Gasteiger partial charge >= 0.3 is 0 Å². The Morgan fingerprint density at radius 1 is 1.15 bits per heavy atom. The van der Waals surface area contributed by atoms with Gasteiger partial charge in [0.25, 0.3) is 0 Å². The van der Waals surface area contributed by atoms with Crippen molar-refractivity contribution in [1.29, 1.82) is 0 Å². The number of benzene rings is 2. The van der Waals surface area contributed by atoms with Crippen LogP contribution in [-0.4, -0.2) is 24.7 Å². The van der Waals surface area contributed by atoms with Crippen molar-refractivity contribution in [3.63, 3.8) is 0 Å². The molecular formula is C24H29NO2. The Labute approximate surface area is 162 Å². The van der Waals surface area contributed by atoms with Crippen LogP contribution in [0.25, 0.3) is 0 Å². The molecule has 0 bridgehead atoms. The van der Waals surface area contributed by atoms with E-state index in [2.05, 4.69) is 63.2 Å². The standard InChI is InChI=1S/C24H29NO2/c1-4-18-9-10-20-15-21(11-12-22(18)20)26-14-13-23-17(3)27-24(25-23)19-7-5-16(2)6-8-19/h5-8,11-12,15,17-18,23H,4,9-10,13-14H2,1-3H3. The van der Waals surface area contributed by atoms with Gasteiger partial charge < -0.3 is 9.47 Å². The fraction of sp³-hybridized carbons (Fsp3) is 0.458. The van der Waals surface area contributed by atoms with Crippen molar-refractivity contribution >= 4 is 5.90 Å². The van der Waals surface area contributed by atoms with E-state index in [1.807, 2.05) is 0 Å². The number of aliphatic imine (C=N–C) groups is 1. The maximum Gasteiger partial charge on any atom is 0.216 e. The molecular weight excluding hydrogens is 334 g/mol. The van der Waals surface area contributed by atoms with Crippen LogP contribution in [0.15, 0.2) is 47.5 Å². The summed E-state index contributed by atoms with van der Waals surface area (Å²) < 4.78 is 12.0. The van der Waals surface area contributed by atoms with Gasteiger partial charge in [0, 0.05) is 12.0 Å². The summed E-state index contributed by atoms with van der Waals surface area (Å²) in [5.41, 5.74) is 5.29. The molecule has 2 aromatic carbocycles. The van der Waals surface area contributed by atoms with E-state index in [4.69, 9.17) is 14.5 Å². The molecule has 0 N–H and O–H groups in total. The normalized spacial score (nSPS) is 23.7. The minimum Gasteiger partial charge on any atom is -0.494 e. The lowest BCUT2D eigenvalue weighted by atomic mass is 9.99. The van der Waals surface area contributed by atoms with Crippen molar-refractivity contribution < 1.29 is 9.47 Å². The topological polar surface area (TPSA) is 30.8 Å². The molecule has 3 atom stereocenters. The van der Waals surface area contributed by atoms with Gasteiger partial charge in [-0.3, -0.25) is 0 Å². The zero-order valence-electron chi connectivity index (χ0n) is 16.6. The number of nitrogens with zero attached hydrogens (tertiary/aromatic N) is 1. The minimum atomic E-state index is 0.0928. The molecule has 4 rings (SSSR count). The molecule has 3 heteroatoms. The molecule has 1 aliphatic heterocycles. The lowest BCUT2D eigenvalue weighted by Gasteiger charge is -2.14. The van der Waals surface area contributed by atoms with E-state index in [-0.39, 0.29) is 12.1 Å². The quantitative estimate of drug-likeness (QED) is 0.684. The first kappa shape index (κ1) is 18.1. The van der Waals surface area contributed by atoms with Gasteiger partial charge in [0.05, 0.1) is 12.6 Å². The zero-order chi connectivity index (χ0) is 18.8. The van der Waals surface area contributed by atoms with Crippen LogP contribution in [0.4, 0.5) is 0 Å². The van der Waals surface area contributed by atoms with E-state index < -0.39 is 0 Å². The second-order valence-corrected chi connectivity index (χ2v) is 7.83. The van der Waals surface area contributed by atoms with Crippen molar-refractivity contribution in [3.8, 4) is 5.75 Å². The lowest BCUT2D eigenvalue weighted by Crippen LogP contribution is -2.21. The highest BCUT2D eigenvalue weighted by Gasteiger charge is 2.28. The van der Waals surface area contributed by atoms with Gasteiger partial charge in [-0.05, 0) is 74.4 Å². The molecule has 3 nitrogen and oxygen atoms in total. The molecule has 1 aliphatic carbocycles. The Morgan fingerprint density at radius 2 is 1.96 bits per heavy atom. The van der Waals surface area contributed by atoms with Crippen LogP contribution in [0.1, 0.15) is 61.3 Å². The molecule has 3 unspecified atom stereocenters. The van der Waals surface area contributed by atoms with Crippen LogP contribution in [0.5, 0.6) is 5.75 Å². The van der Waals surface area contributed by atoms with Gasteiger partial charge in [-0.15, -0.1) is 0 Å². The van der Waals surface area contributed by atoms with Crippen LogP contribution in [0.3, 0.4) is 0 Å². The molecule has 142 valence electrons. The number of aryl methyl sites for hydroxylation is 2. The maximum absolute atomic E-state index is 6.04. The molecule has 2 aromatic rings. The first-order valence-corrected chi connectivity index (χ1v) is 10.2. The molecule has 0 fully saturated rings. The first-order valence-electron chi connectivity index (χ1n) is 10.2. The molecule has 0 amide bonds. The summed E-state index contributed by atoms with van der Waals surface area (Å²) in [5.74, 6) is 2.48.